The number of carbonyl (C=O) groups is 1. The highest BCUT2D eigenvalue weighted by molar-refractivity contribution is 5.98. The van der Waals surface area contributed by atoms with E-state index in [1.165, 1.54) is 16.8 Å². The molecule has 9 heteroatoms. The molecule has 1 aromatic heterocycles. The summed E-state index contributed by atoms with van der Waals surface area (Å²) in [5, 5.41) is 1.13. The van der Waals surface area contributed by atoms with E-state index in [2.05, 4.69) is 57.5 Å². The summed E-state index contributed by atoms with van der Waals surface area (Å²) in [7, 11) is 3.90. The number of amides is 1. The Hall–Kier alpha value is -3.53. The smallest absolute Gasteiger partial charge is 0.246 e. The van der Waals surface area contributed by atoms with Crippen LogP contribution in [0.3, 0.4) is 0 Å². The SMILES string of the molecule is COc1ccc2c(c1)c(/C=C/C(=O)N1CCN(CCc3ccc4c(c3)OCO4)CC1)c(C)n2CCCN1CCN(C)CC1. The lowest BCUT2D eigenvalue weighted by Gasteiger charge is -2.34. The van der Waals surface area contributed by atoms with E-state index < -0.39 is 0 Å². The van der Waals surface area contributed by atoms with Crippen molar-refractivity contribution in [2.45, 2.75) is 26.3 Å². The summed E-state index contributed by atoms with van der Waals surface area (Å²) >= 11 is 0. The van der Waals surface area contributed by atoms with Gasteiger partial charge in [-0.05, 0) is 75.3 Å². The molecule has 230 valence electrons. The molecule has 9 nitrogen and oxygen atoms in total. The molecule has 0 N–H and O–H groups in total. The van der Waals surface area contributed by atoms with Gasteiger partial charge in [0.2, 0.25) is 12.7 Å². The fourth-order valence-corrected chi connectivity index (χ4v) is 6.47. The van der Waals surface area contributed by atoms with Crippen molar-refractivity contribution >= 4 is 22.9 Å². The third kappa shape index (κ3) is 6.84. The van der Waals surface area contributed by atoms with Gasteiger partial charge < -0.3 is 33.5 Å². The van der Waals surface area contributed by atoms with E-state index in [1.807, 2.05) is 23.1 Å². The van der Waals surface area contributed by atoms with E-state index in [0.29, 0.717) is 6.79 Å². The van der Waals surface area contributed by atoms with Crippen LogP contribution < -0.4 is 14.2 Å². The standard InChI is InChI=1S/C34H45N5O4/c1-26-29(30-24-28(41-3)6-8-31(30)39(26)13-4-12-36-17-15-35(2)16-18-36)7-10-34(40)38-21-19-37(20-22-38)14-11-27-5-9-32-33(23-27)43-25-42-32/h5-10,23-24H,4,11-22,25H2,1-3H3/b10-7+. The average molecular weight is 588 g/mol. The predicted molar refractivity (Wildman–Crippen MR) is 170 cm³/mol. The van der Waals surface area contributed by atoms with Gasteiger partial charge in [0, 0.05) is 93.7 Å². The number of hydrogen-bond acceptors (Lipinski definition) is 7. The van der Waals surface area contributed by atoms with Crippen molar-refractivity contribution in [3.63, 3.8) is 0 Å². The summed E-state index contributed by atoms with van der Waals surface area (Å²) in [6.45, 7) is 13.3. The van der Waals surface area contributed by atoms with Gasteiger partial charge in [0.15, 0.2) is 11.5 Å². The van der Waals surface area contributed by atoms with Crippen molar-refractivity contribution in [1.82, 2.24) is 24.2 Å². The zero-order chi connectivity index (χ0) is 29.8. The van der Waals surface area contributed by atoms with Gasteiger partial charge in [0.25, 0.3) is 0 Å². The van der Waals surface area contributed by atoms with Crippen LogP contribution in [0.4, 0.5) is 0 Å². The predicted octanol–water partition coefficient (Wildman–Crippen LogP) is 3.72. The number of piperazine rings is 2. The van der Waals surface area contributed by atoms with Crippen LogP contribution in [0.1, 0.15) is 23.2 Å². The first-order valence-corrected chi connectivity index (χ1v) is 15.6. The van der Waals surface area contributed by atoms with E-state index in [-0.39, 0.29) is 5.91 Å². The molecule has 0 saturated carbocycles. The summed E-state index contributed by atoms with van der Waals surface area (Å²) in [6.07, 6.45) is 5.83. The van der Waals surface area contributed by atoms with E-state index in [0.717, 1.165) is 113 Å². The number of hydrogen-bond donors (Lipinski definition) is 0. The van der Waals surface area contributed by atoms with Crippen molar-refractivity contribution in [3.05, 3.63) is 59.3 Å². The second kappa shape index (κ2) is 13.4. The molecular formula is C34H45N5O4. The van der Waals surface area contributed by atoms with Gasteiger partial charge in [-0.25, -0.2) is 0 Å². The highest BCUT2D eigenvalue weighted by atomic mass is 16.7. The fraction of sp³-hybridized carbons (Fsp3) is 0.500. The molecule has 2 aromatic carbocycles. The number of aryl methyl sites for hydroxylation is 1. The lowest BCUT2D eigenvalue weighted by Crippen LogP contribution is -2.48. The molecule has 0 bridgehead atoms. The van der Waals surface area contributed by atoms with Crippen LogP contribution in [0.5, 0.6) is 17.2 Å². The van der Waals surface area contributed by atoms with E-state index in [9.17, 15) is 4.79 Å². The molecule has 2 saturated heterocycles. The van der Waals surface area contributed by atoms with Gasteiger partial charge >= 0.3 is 0 Å². The van der Waals surface area contributed by atoms with Crippen molar-refractivity contribution in [3.8, 4) is 17.2 Å². The molecule has 1 amide bonds. The van der Waals surface area contributed by atoms with Gasteiger partial charge in [-0.15, -0.1) is 0 Å². The second-order valence-electron chi connectivity index (χ2n) is 12.0. The molecule has 3 aliphatic heterocycles. The van der Waals surface area contributed by atoms with Gasteiger partial charge in [-0.2, -0.15) is 0 Å². The average Bonchev–Trinajstić information content (AvgIpc) is 3.61. The molecule has 43 heavy (non-hydrogen) atoms. The quantitative estimate of drug-likeness (QED) is 0.335. The fourth-order valence-electron chi connectivity index (χ4n) is 6.47. The first-order valence-electron chi connectivity index (χ1n) is 15.6. The van der Waals surface area contributed by atoms with Crippen LogP contribution >= 0.6 is 0 Å². The van der Waals surface area contributed by atoms with Crippen LogP contribution in [-0.2, 0) is 17.8 Å². The molecule has 3 aliphatic rings. The molecule has 0 spiro atoms. The Labute approximate surface area is 255 Å². The Balaban J connectivity index is 1.06. The molecule has 0 radical (unpaired) electrons. The summed E-state index contributed by atoms with van der Waals surface area (Å²) < 4.78 is 18.9. The first-order chi connectivity index (χ1) is 21.0. The minimum atomic E-state index is 0.0775. The Kier molecular flexibility index (Phi) is 9.21. The van der Waals surface area contributed by atoms with E-state index in [4.69, 9.17) is 14.2 Å². The number of likely N-dealkylation sites (N-methyl/N-ethyl adjacent to an activating group) is 1. The van der Waals surface area contributed by atoms with Gasteiger partial charge in [-0.1, -0.05) is 6.07 Å². The first kappa shape index (κ1) is 29.5. The number of nitrogens with zero attached hydrogens (tertiary/aromatic N) is 5. The van der Waals surface area contributed by atoms with E-state index >= 15 is 0 Å². The number of aromatic nitrogens is 1. The molecule has 0 aliphatic carbocycles. The maximum absolute atomic E-state index is 13.3. The normalized spacial score (nSPS) is 18.3. The summed E-state index contributed by atoms with van der Waals surface area (Å²) in [4.78, 5) is 22.6. The molecule has 0 atom stereocenters. The van der Waals surface area contributed by atoms with Crippen molar-refractivity contribution in [2.24, 2.45) is 0 Å². The number of carbonyl (C=O) groups excluding carboxylic acids is 1. The minimum Gasteiger partial charge on any atom is -0.497 e. The van der Waals surface area contributed by atoms with Gasteiger partial charge in [0.1, 0.15) is 5.75 Å². The van der Waals surface area contributed by atoms with Crippen molar-refractivity contribution in [1.29, 1.82) is 0 Å². The largest absolute Gasteiger partial charge is 0.497 e. The number of methoxy groups -OCH3 is 1. The Morgan fingerprint density at radius 2 is 1.63 bits per heavy atom. The van der Waals surface area contributed by atoms with Gasteiger partial charge in [-0.3, -0.25) is 9.69 Å². The molecular weight excluding hydrogens is 542 g/mol. The Morgan fingerprint density at radius 3 is 2.42 bits per heavy atom. The van der Waals surface area contributed by atoms with Crippen LogP contribution in [-0.4, -0.2) is 116 Å². The number of benzene rings is 2. The zero-order valence-corrected chi connectivity index (χ0v) is 25.9. The molecule has 0 unspecified atom stereocenters. The number of ether oxygens (including phenoxy) is 3. The number of fused-ring (bicyclic) bond motifs is 2. The lowest BCUT2D eigenvalue weighted by molar-refractivity contribution is -0.127. The minimum absolute atomic E-state index is 0.0775. The summed E-state index contributed by atoms with van der Waals surface area (Å²) in [6, 6.07) is 12.5. The maximum atomic E-state index is 13.3. The third-order valence-corrected chi connectivity index (χ3v) is 9.26. The Morgan fingerprint density at radius 1 is 0.884 bits per heavy atom. The zero-order valence-electron chi connectivity index (χ0n) is 25.9. The molecule has 4 heterocycles. The molecule has 2 fully saturated rings. The van der Waals surface area contributed by atoms with E-state index in [1.54, 1.807) is 13.2 Å². The van der Waals surface area contributed by atoms with Crippen LogP contribution in [0.25, 0.3) is 17.0 Å². The van der Waals surface area contributed by atoms with Crippen molar-refractivity contribution in [2.75, 3.05) is 86.4 Å². The monoisotopic (exact) mass is 587 g/mol. The van der Waals surface area contributed by atoms with Crippen LogP contribution in [0, 0.1) is 6.92 Å². The summed E-state index contributed by atoms with van der Waals surface area (Å²) in [5.41, 5.74) is 4.74. The molecule has 3 aromatic rings. The lowest BCUT2D eigenvalue weighted by atomic mass is 10.1. The van der Waals surface area contributed by atoms with Crippen LogP contribution in [0.15, 0.2) is 42.5 Å². The number of rotatable bonds is 10. The van der Waals surface area contributed by atoms with Crippen molar-refractivity contribution < 1.29 is 19.0 Å². The Bertz CT molecular complexity index is 1450. The highest BCUT2D eigenvalue weighted by Crippen LogP contribution is 2.33. The maximum Gasteiger partial charge on any atom is 0.246 e. The third-order valence-electron chi connectivity index (χ3n) is 9.26. The molecule has 6 rings (SSSR count). The summed E-state index contributed by atoms with van der Waals surface area (Å²) in [5.74, 6) is 2.57. The highest BCUT2D eigenvalue weighted by Gasteiger charge is 2.21. The van der Waals surface area contributed by atoms with Crippen LogP contribution in [0.2, 0.25) is 0 Å². The van der Waals surface area contributed by atoms with Gasteiger partial charge in [0.05, 0.1) is 7.11 Å². The second-order valence-corrected chi connectivity index (χ2v) is 12.0. The topological polar surface area (TPSA) is 62.7 Å².